The topological polar surface area (TPSA) is 69.0 Å². The highest BCUT2D eigenvalue weighted by Crippen LogP contribution is 2.27. The Bertz CT molecular complexity index is 1040. The second-order valence-corrected chi connectivity index (χ2v) is 9.01. The average molecular weight is 524 g/mol. The van der Waals surface area contributed by atoms with E-state index in [-0.39, 0.29) is 17.8 Å². The molecule has 1 N–H and O–H groups in total. The molecule has 0 radical (unpaired) electrons. The normalized spacial score (nSPS) is 11.9. The zero-order chi connectivity index (χ0) is 22.4. The molecule has 1 heterocycles. The van der Waals surface area contributed by atoms with Gasteiger partial charge in [-0.3, -0.25) is 4.79 Å². The molecule has 9 heteroatoms. The molecule has 0 saturated carbocycles. The van der Waals surface area contributed by atoms with Crippen molar-refractivity contribution in [2.24, 2.45) is 0 Å². The minimum atomic E-state index is -0.270. The minimum Gasteiger partial charge on any atom is -0.483 e. The van der Waals surface area contributed by atoms with E-state index in [1.54, 1.807) is 18.2 Å². The first-order valence-corrected chi connectivity index (χ1v) is 12.1. The largest absolute Gasteiger partial charge is 0.483 e. The van der Waals surface area contributed by atoms with Crippen molar-refractivity contribution < 1.29 is 9.53 Å². The van der Waals surface area contributed by atoms with E-state index >= 15 is 0 Å². The van der Waals surface area contributed by atoms with Gasteiger partial charge in [0.2, 0.25) is 5.91 Å². The summed E-state index contributed by atoms with van der Waals surface area (Å²) < 4.78 is 8.81. The predicted molar refractivity (Wildman–Crippen MR) is 129 cm³/mol. The lowest BCUT2D eigenvalue weighted by molar-refractivity contribution is -0.113. The van der Waals surface area contributed by atoms with E-state index in [1.165, 1.54) is 17.3 Å². The SMILES string of the molecule is CCc1ccc(O[C@H](C)c2nnc(SCC(=O)Nc3ccc(Br)c(Cl)c3)n2CC)cc1. The molecule has 31 heavy (non-hydrogen) atoms. The molecular weight excluding hydrogens is 500 g/mol. The number of carbonyl (C=O) groups is 1. The van der Waals surface area contributed by atoms with E-state index in [9.17, 15) is 4.79 Å². The maximum absolute atomic E-state index is 12.3. The van der Waals surface area contributed by atoms with Crippen molar-refractivity contribution in [3.63, 3.8) is 0 Å². The van der Waals surface area contributed by atoms with Gasteiger partial charge in [-0.15, -0.1) is 10.2 Å². The number of aryl methyl sites for hydroxylation is 1. The van der Waals surface area contributed by atoms with Crippen LogP contribution in [0.25, 0.3) is 0 Å². The number of benzene rings is 2. The summed E-state index contributed by atoms with van der Waals surface area (Å²) in [5.74, 6) is 1.58. The van der Waals surface area contributed by atoms with Gasteiger partial charge in [0.25, 0.3) is 0 Å². The molecule has 164 valence electrons. The van der Waals surface area contributed by atoms with Crippen molar-refractivity contribution in [3.05, 3.63) is 63.3 Å². The average Bonchev–Trinajstić information content (AvgIpc) is 3.18. The Labute approximate surface area is 199 Å². The third-order valence-corrected chi connectivity index (χ3v) is 6.80. The molecular formula is C22H24BrClN4O2S. The van der Waals surface area contributed by atoms with E-state index in [1.807, 2.05) is 30.5 Å². The van der Waals surface area contributed by atoms with Crippen LogP contribution in [-0.4, -0.2) is 26.4 Å². The lowest BCUT2D eigenvalue weighted by atomic mass is 10.2. The van der Waals surface area contributed by atoms with Crippen LogP contribution < -0.4 is 10.1 Å². The summed E-state index contributed by atoms with van der Waals surface area (Å²) in [6, 6.07) is 13.3. The van der Waals surface area contributed by atoms with E-state index in [0.717, 1.165) is 22.5 Å². The molecule has 1 aromatic heterocycles. The number of halogens is 2. The smallest absolute Gasteiger partial charge is 0.234 e. The van der Waals surface area contributed by atoms with Crippen LogP contribution in [0.2, 0.25) is 5.02 Å². The summed E-state index contributed by atoms with van der Waals surface area (Å²) >= 11 is 10.8. The zero-order valence-electron chi connectivity index (χ0n) is 17.6. The molecule has 0 aliphatic rings. The molecule has 2 aromatic carbocycles. The third kappa shape index (κ3) is 6.24. The summed E-state index contributed by atoms with van der Waals surface area (Å²) in [5, 5.41) is 12.6. The molecule has 0 spiro atoms. The van der Waals surface area contributed by atoms with Gasteiger partial charge in [0.15, 0.2) is 17.1 Å². The highest BCUT2D eigenvalue weighted by atomic mass is 79.9. The lowest BCUT2D eigenvalue weighted by Crippen LogP contribution is -2.15. The number of ether oxygens (including phenoxy) is 1. The molecule has 0 fully saturated rings. The molecule has 0 bridgehead atoms. The summed E-state index contributed by atoms with van der Waals surface area (Å²) in [4.78, 5) is 12.3. The van der Waals surface area contributed by atoms with Gasteiger partial charge in [-0.2, -0.15) is 0 Å². The minimum absolute atomic E-state index is 0.143. The fourth-order valence-electron chi connectivity index (χ4n) is 2.97. The van der Waals surface area contributed by atoms with Gasteiger partial charge in [0, 0.05) is 16.7 Å². The first-order valence-electron chi connectivity index (χ1n) is 9.97. The monoisotopic (exact) mass is 522 g/mol. The molecule has 1 atom stereocenters. The van der Waals surface area contributed by atoms with E-state index in [4.69, 9.17) is 16.3 Å². The second-order valence-electron chi connectivity index (χ2n) is 6.81. The van der Waals surface area contributed by atoms with Crippen LogP contribution in [0, 0.1) is 0 Å². The number of anilines is 1. The number of nitrogens with zero attached hydrogens (tertiary/aromatic N) is 3. The Morgan fingerprint density at radius 1 is 1.23 bits per heavy atom. The summed E-state index contributed by atoms with van der Waals surface area (Å²) in [6.45, 7) is 6.76. The number of thioether (sulfide) groups is 1. The van der Waals surface area contributed by atoms with E-state index in [2.05, 4.69) is 50.5 Å². The Morgan fingerprint density at radius 2 is 1.97 bits per heavy atom. The van der Waals surface area contributed by atoms with Gasteiger partial charge < -0.3 is 14.6 Å². The first-order chi connectivity index (χ1) is 14.9. The molecule has 0 aliphatic heterocycles. The molecule has 0 aliphatic carbocycles. The fourth-order valence-corrected chi connectivity index (χ4v) is 4.20. The highest BCUT2D eigenvalue weighted by molar-refractivity contribution is 9.10. The van der Waals surface area contributed by atoms with E-state index < -0.39 is 0 Å². The lowest BCUT2D eigenvalue weighted by Gasteiger charge is -2.16. The number of hydrogen-bond acceptors (Lipinski definition) is 5. The third-order valence-electron chi connectivity index (χ3n) is 4.61. The maximum atomic E-state index is 12.3. The Kier molecular flexibility index (Phi) is 8.40. The molecule has 0 unspecified atom stereocenters. The standard InChI is InChI=1S/C22H24BrClN4O2S/c1-4-15-6-9-17(10-7-15)30-14(3)21-26-27-22(28(21)5-2)31-13-20(29)25-16-8-11-18(23)19(24)12-16/h6-12,14H,4-5,13H2,1-3H3,(H,25,29)/t14-/m1/s1. The predicted octanol–water partition coefficient (Wildman–Crippen LogP) is 6.15. The highest BCUT2D eigenvalue weighted by Gasteiger charge is 2.19. The zero-order valence-corrected chi connectivity index (χ0v) is 20.7. The molecule has 0 saturated heterocycles. The van der Waals surface area contributed by atoms with Crippen molar-refractivity contribution in [2.45, 2.75) is 45.0 Å². The van der Waals surface area contributed by atoms with Gasteiger partial charge in [-0.05, 0) is 72.1 Å². The number of nitrogens with one attached hydrogen (secondary N) is 1. The quantitative estimate of drug-likeness (QED) is 0.341. The van der Waals surface area contributed by atoms with Crippen LogP contribution in [0.15, 0.2) is 52.1 Å². The molecule has 6 nitrogen and oxygen atoms in total. The fraction of sp³-hybridized carbons (Fsp3) is 0.318. The van der Waals surface area contributed by atoms with Crippen LogP contribution in [0.5, 0.6) is 5.75 Å². The second kappa shape index (κ2) is 11.0. The van der Waals surface area contributed by atoms with Crippen LogP contribution >= 0.6 is 39.3 Å². The van der Waals surface area contributed by atoms with Crippen LogP contribution in [-0.2, 0) is 17.8 Å². The Morgan fingerprint density at radius 3 is 2.61 bits per heavy atom. The van der Waals surface area contributed by atoms with Crippen molar-refractivity contribution in [2.75, 3.05) is 11.1 Å². The summed E-state index contributed by atoms with van der Waals surface area (Å²) in [6.07, 6.45) is 0.719. The van der Waals surface area contributed by atoms with E-state index in [0.29, 0.717) is 22.4 Å². The van der Waals surface area contributed by atoms with Crippen molar-refractivity contribution >= 4 is 50.9 Å². The van der Waals surface area contributed by atoms with Crippen molar-refractivity contribution in [1.82, 2.24) is 14.8 Å². The van der Waals surface area contributed by atoms with Gasteiger partial charge in [0.1, 0.15) is 5.75 Å². The summed E-state index contributed by atoms with van der Waals surface area (Å²) in [5.41, 5.74) is 1.91. The molecule has 1 amide bonds. The number of hydrogen-bond donors (Lipinski definition) is 1. The van der Waals surface area contributed by atoms with Crippen LogP contribution in [0.4, 0.5) is 5.69 Å². The molecule has 3 rings (SSSR count). The van der Waals surface area contributed by atoms with Crippen LogP contribution in [0.1, 0.15) is 38.3 Å². The van der Waals surface area contributed by atoms with Crippen molar-refractivity contribution in [1.29, 1.82) is 0 Å². The maximum Gasteiger partial charge on any atom is 0.234 e. The van der Waals surface area contributed by atoms with Crippen molar-refractivity contribution in [3.8, 4) is 5.75 Å². The number of rotatable bonds is 9. The van der Waals surface area contributed by atoms with Gasteiger partial charge >= 0.3 is 0 Å². The Hall–Kier alpha value is -2.03. The Balaban J connectivity index is 1.61. The van der Waals surface area contributed by atoms with Gasteiger partial charge in [-0.1, -0.05) is 42.4 Å². The van der Waals surface area contributed by atoms with Gasteiger partial charge in [-0.25, -0.2) is 0 Å². The molecule has 3 aromatic rings. The van der Waals surface area contributed by atoms with Crippen LogP contribution in [0.3, 0.4) is 0 Å². The number of amides is 1. The number of carbonyl (C=O) groups excluding carboxylic acids is 1. The van der Waals surface area contributed by atoms with Gasteiger partial charge in [0.05, 0.1) is 10.8 Å². The summed E-state index contributed by atoms with van der Waals surface area (Å²) in [7, 11) is 0. The number of aromatic nitrogens is 3. The first kappa shape index (κ1) is 23.6.